The van der Waals surface area contributed by atoms with Gasteiger partial charge in [0.2, 0.25) is 0 Å². The highest BCUT2D eigenvalue weighted by Gasteiger charge is 2.20. The van der Waals surface area contributed by atoms with Gasteiger partial charge in [-0.15, -0.1) is 24.8 Å². The summed E-state index contributed by atoms with van der Waals surface area (Å²) in [6.45, 7) is 5.29. The number of nitrogens with one attached hydrogen (secondary N) is 2. The van der Waals surface area contributed by atoms with Crippen LogP contribution in [0.5, 0.6) is 0 Å². The summed E-state index contributed by atoms with van der Waals surface area (Å²) in [4.78, 5) is 7.58. The van der Waals surface area contributed by atoms with Crippen molar-refractivity contribution in [2.45, 2.75) is 39.3 Å². The van der Waals surface area contributed by atoms with Gasteiger partial charge in [-0.25, -0.2) is 4.98 Å². The number of aromatic amines is 1. The first kappa shape index (κ1) is 22.4. The molecule has 5 rings (SSSR count). The molecule has 0 fully saturated rings. The molecular weight excluding hydrogens is 413 g/mol. The number of fused-ring (bicyclic) bond motifs is 2. The molecule has 1 aliphatic rings. The zero-order valence-corrected chi connectivity index (χ0v) is 18.9. The molecule has 1 aliphatic carbocycles. The van der Waals surface area contributed by atoms with Crippen LogP contribution < -0.4 is 5.32 Å². The molecule has 0 amide bonds. The second-order valence-electron chi connectivity index (χ2n) is 7.98. The molecule has 5 heteroatoms. The molecule has 30 heavy (non-hydrogen) atoms. The Morgan fingerprint density at radius 2 is 1.67 bits per heavy atom. The monoisotopic (exact) mass is 439 g/mol. The van der Waals surface area contributed by atoms with E-state index in [9.17, 15) is 0 Å². The highest BCUT2D eigenvalue weighted by Crippen LogP contribution is 2.29. The predicted octanol–water partition coefficient (Wildman–Crippen LogP) is 5.95. The van der Waals surface area contributed by atoms with Crippen molar-refractivity contribution in [1.29, 1.82) is 0 Å². The first-order valence-electron chi connectivity index (χ1n) is 10.0. The molecule has 4 aromatic rings. The van der Waals surface area contributed by atoms with Crippen molar-refractivity contribution >= 4 is 35.8 Å². The van der Waals surface area contributed by atoms with Crippen LogP contribution in [-0.4, -0.2) is 16.0 Å². The molecule has 3 nitrogen and oxygen atoms in total. The van der Waals surface area contributed by atoms with E-state index in [1.807, 2.05) is 0 Å². The van der Waals surface area contributed by atoms with Gasteiger partial charge in [-0.3, -0.25) is 0 Å². The number of hydrogen-bond acceptors (Lipinski definition) is 2. The fourth-order valence-corrected chi connectivity index (χ4v) is 4.42. The zero-order valence-electron chi connectivity index (χ0n) is 17.2. The van der Waals surface area contributed by atoms with Gasteiger partial charge < -0.3 is 10.3 Å². The third-order valence-corrected chi connectivity index (χ3v) is 6.05. The average molecular weight is 440 g/mol. The van der Waals surface area contributed by atoms with Gasteiger partial charge in [0, 0.05) is 12.6 Å². The summed E-state index contributed by atoms with van der Waals surface area (Å²) in [6, 6.07) is 20.6. The number of rotatable bonds is 4. The minimum atomic E-state index is 0. The molecule has 0 radical (unpaired) electrons. The van der Waals surface area contributed by atoms with Crippen molar-refractivity contribution in [3.05, 3.63) is 88.7 Å². The maximum atomic E-state index is 4.36. The number of imidazole rings is 1. The van der Waals surface area contributed by atoms with E-state index < -0.39 is 0 Å². The van der Waals surface area contributed by atoms with Gasteiger partial charge in [0.1, 0.15) is 0 Å². The molecule has 0 unspecified atom stereocenters. The largest absolute Gasteiger partial charge is 0.345 e. The minimum absolute atomic E-state index is 0. The highest BCUT2D eigenvalue weighted by molar-refractivity contribution is 5.86. The Kier molecular flexibility index (Phi) is 6.87. The van der Waals surface area contributed by atoms with E-state index in [0.717, 1.165) is 30.4 Å². The van der Waals surface area contributed by atoms with Crippen LogP contribution in [0.1, 0.15) is 27.8 Å². The Balaban J connectivity index is 0.00000128. The van der Waals surface area contributed by atoms with Crippen molar-refractivity contribution in [2.75, 3.05) is 0 Å². The Bertz CT molecular complexity index is 1140. The number of benzene rings is 3. The maximum absolute atomic E-state index is 4.36. The van der Waals surface area contributed by atoms with Crippen molar-refractivity contribution in [2.24, 2.45) is 0 Å². The average Bonchev–Trinajstić information content (AvgIpc) is 3.32. The first-order chi connectivity index (χ1) is 13.7. The van der Waals surface area contributed by atoms with Gasteiger partial charge in [0.15, 0.2) is 0 Å². The fraction of sp³-hybridized carbons (Fsp3) is 0.240. The van der Waals surface area contributed by atoms with Crippen LogP contribution in [0, 0.1) is 13.8 Å². The van der Waals surface area contributed by atoms with Crippen LogP contribution in [0.2, 0.25) is 0 Å². The van der Waals surface area contributed by atoms with E-state index in [0.29, 0.717) is 6.04 Å². The lowest BCUT2D eigenvalue weighted by Gasteiger charge is -2.15. The summed E-state index contributed by atoms with van der Waals surface area (Å²) in [5.74, 6) is 0. The number of aromatic nitrogens is 2. The van der Waals surface area contributed by atoms with Crippen molar-refractivity contribution in [1.82, 2.24) is 15.3 Å². The lowest BCUT2D eigenvalue weighted by molar-refractivity contribution is 0.532. The predicted molar refractivity (Wildman–Crippen MR) is 130 cm³/mol. The van der Waals surface area contributed by atoms with E-state index >= 15 is 0 Å². The number of hydrogen-bond donors (Lipinski definition) is 2. The smallest absolute Gasteiger partial charge is 0.0931 e. The van der Waals surface area contributed by atoms with E-state index in [1.54, 1.807) is 6.33 Å². The molecule has 0 atom stereocenters. The molecule has 0 saturated carbocycles. The summed E-state index contributed by atoms with van der Waals surface area (Å²) in [7, 11) is 0. The lowest BCUT2D eigenvalue weighted by Crippen LogP contribution is -2.29. The third kappa shape index (κ3) is 4.24. The Morgan fingerprint density at radius 1 is 0.933 bits per heavy atom. The summed E-state index contributed by atoms with van der Waals surface area (Å²) in [5, 5.41) is 3.76. The van der Waals surface area contributed by atoms with Crippen LogP contribution in [0.15, 0.2) is 60.9 Å². The topological polar surface area (TPSA) is 40.7 Å². The van der Waals surface area contributed by atoms with Crippen molar-refractivity contribution in [3.63, 3.8) is 0 Å². The third-order valence-electron chi connectivity index (χ3n) is 6.05. The van der Waals surface area contributed by atoms with Gasteiger partial charge in [0.05, 0.1) is 17.4 Å². The molecular formula is C25H27Cl2N3. The normalized spacial score (nSPS) is 13.0. The Morgan fingerprint density at radius 3 is 2.37 bits per heavy atom. The lowest BCUT2D eigenvalue weighted by atomic mass is 9.96. The molecule has 1 aromatic heterocycles. The van der Waals surface area contributed by atoms with Crippen molar-refractivity contribution in [3.8, 4) is 11.1 Å². The molecule has 1 heterocycles. The van der Waals surface area contributed by atoms with Crippen LogP contribution in [-0.2, 0) is 19.4 Å². The number of H-pyrrole nitrogens is 1. The van der Waals surface area contributed by atoms with Gasteiger partial charge in [-0.05, 0) is 77.8 Å². The summed E-state index contributed by atoms with van der Waals surface area (Å²) >= 11 is 0. The van der Waals surface area contributed by atoms with E-state index in [2.05, 4.69) is 83.7 Å². The first-order valence-corrected chi connectivity index (χ1v) is 10.0. The number of nitrogens with zero attached hydrogens (tertiary/aromatic N) is 1. The standard InChI is InChI=1S/C25H25N3.2ClH/c1-16-9-20(23-13-25-24(10-17(23)2)27-15-28-25)7-8-21(16)14-26-22-11-18-5-3-4-6-19(18)12-22;;/h3-10,13,15,22,26H,11-12,14H2,1-2H3,(H,27,28);2*1H. The van der Waals surface area contributed by atoms with Crippen molar-refractivity contribution < 1.29 is 0 Å². The molecule has 0 aliphatic heterocycles. The SMILES string of the molecule is Cc1cc(-c2cc3[nH]cnc3cc2C)ccc1CNC1Cc2ccccc2C1.Cl.Cl. The van der Waals surface area contributed by atoms with Crippen LogP contribution >= 0.6 is 24.8 Å². The Labute approximate surface area is 190 Å². The van der Waals surface area contributed by atoms with Crippen LogP contribution in [0.4, 0.5) is 0 Å². The van der Waals surface area contributed by atoms with E-state index in [4.69, 9.17) is 0 Å². The minimum Gasteiger partial charge on any atom is -0.345 e. The molecule has 0 saturated heterocycles. The summed E-state index contributed by atoms with van der Waals surface area (Å²) in [5.41, 5.74) is 11.6. The molecule has 0 bridgehead atoms. The number of aryl methyl sites for hydroxylation is 2. The second-order valence-corrected chi connectivity index (χ2v) is 7.98. The molecule has 156 valence electrons. The quantitative estimate of drug-likeness (QED) is 0.412. The Hall–Kier alpha value is -2.33. The second kappa shape index (κ2) is 9.22. The summed E-state index contributed by atoms with van der Waals surface area (Å²) < 4.78 is 0. The molecule has 0 spiro atoms. The van der Waals surface area contributed by atoms with Gasteiger partial charge in [0.25, 0.3) is 0 Å². The van der Waals surface area contributed by atoms with Gasteiger partial charge >= 0.3 is 0 Å². The highest BCUT2D eigenvalue weighted by atomic mass is 35.5. The number of halogens is 2. The van der Waals surface area contributed by atoms with E-state index in [-0.39, 0.29) is 24.8 Å². The zero-order chi connectivity index (χ0) is 19.1. The van der Waals surface area contributed by atoms with Gasteiger partial charge in [-0.1, -0.05) is 42.5 Å². The van der Waals surface area contributed by atoms with Crippen LogP contribution in [0.3, 0.4) is 0 Å². The van der Waals surface area contributed by atoms with Gasteiger partial charge in [-0.2, -0.15) is 0 Å². The van der Waals surface area contributed by atoms with E-state index in [1.165, 1.54) is 38.9 Å². The molecule has 3 aromatic carbocycles. The summed E-state index contributed by atoms with van der Waals surface area (Å²) in [6.07, 6.45) is 4.03. The maximum Gasteiger partial charge on any atom is 0.0931 e. The van der Waals surface area contributed by atoms with Crippen LogP contribution in [0.25, 0.3) is 22.2 Å². The fourth-order valence-electron chi connectivity index (χ4n) is 4.42. The molecule has 2 N–H and O–H groups in total.